The van der Waals surface area contributed by atoms with Crippen LogP contribution in [-0.2, 0) is 11.3 Å². The summed E-state index contributed by atoms with van der Waals surface area (Å²) in [5.41, 5.74) is 5.07. The molecular formula is C16H22N2O2. The number of benzene rings is 1. The van der Waals surface area contributed by atoms with Crippen molar-refractivity contribution in [2.24, 2.45) is 0 Å². The molecule has 0 radical (unpaired) electrons. The summed E-state index contributed by atoms with van der Waals surface area (Å²) >= 11 is 0. The first-order valence-corrected chi connectivity index (χ1v) is 7.20. The van der Waals surface area contributed by atoms with Crippen molar-refractivity contribution >= 4 is 10.9 Å². The second kappa shape index (κ2) is 5.56. The number of aromatic amines is 1. The van der Waals surface area contributed by atoms with E-state index in [0.717, 1.165) is 19.7 Å². The lowest BCUT2D eigenvalue weighted by Gasteiger charge is -2.34. The predicted molar refractivity (Wildman–Crippen MR) is 79.9 cm³/mol. The van der Waals surface area contributed by atoms with E-state index < -0.39 is 0 Å². The number of aliphatic hydroxyl groups excluding tert-OH is 1. The zero-order valence-corrected chi connectivity index (χ0v) is 12.1. The molecule has 4 heteroatoms. The van der Waals surface area contributed by atoms with Crippen molar-refractivity contribution < 1.29 is 9.84 Å². The number of hydrogen-bond acceptors (Lipinski definition) is 3. The molecule has 1 aromatic heterocycles. The highest BCUT2D eigenvalue weighted by atomic mass is 16.5. The van der Waals surface area contributed by atoms with Gasteiger partial charge in [0.1, 0.15) is 0 Å². The molecule has 1 fully saturated rings. The Labute approximate surface area is 119 Å². The zero-order chi connectivity index (χ0) is 14.1. The van der Waals surface area contributed by atoms with E-state index in [2.05, 4.69) is 41.9 Å². The largest absolute Gasteiger partial charge is 0.395 e. The molecule has 2 heterocycles. The number of nitrogens with zero attached hydrogens (tertiary/aromatic N) is 1. The average molecular weight is 274 g/mol. The monoisotopic (exact) mass is 274 g/mol. The Bertz CT molecular complexity index is 606. The summed E-state index contributed by atoms with van der Waals surface area (Å²) in [6.45, 7) is 7.52. The van der Waals surface area contributed by atoms with Gasteiger partial charge in [0.2, 0.25) is 0 Å². The topological polar surface area (TPSA) is 48.5 Å². The molecule has 0 saturated carbocycles. The zero-order valence-electron chi connectivity index (χ0n) is 12.1. The third-order valence-corrected chi connectivity index (χ3v) is 4.36. The van der Waals surface area contributed by atoms with Gasteiger partial charge in [0, 0.05) is 24.2 Å². The summed E-state index contributed by atoms with van der Waals surface area (Å²) in [4.78, 5) is 5.81. The van der Waals surface area contributed by atoms with Gasteiger partial charge in [0.15, 0.2) is 0 Å². The lowest BCUT2D eigenvalue weighted by Crippen LogP contribution is -2.46. The highest BCUT2D eigenvalue weighted by Crippen LogP contribution is 2.25. The minimum atomic E-state index is 0.108. The van der Waals surface area contributed by atoms with E-state index in [4.69, 9.17) is 4.74 Å². The maximum atomic E-state index is 9.47. The molecule has 2 N–H and O–H groups in total. The summed E-state index contributed by atoms with van der Waals surface area (Å²) in [5.74, 6) is 0. The SMILES string of the molecule is Cc1[nH]c2c(CN3CCOC[C@H]3CO)cccc2c1C. The van der Waals surface area contributed by atoms with Crippen LogP contribution >= 0.6 is 0 Å². The van der Waals surface area contributed by atoms with Crippen molar-refractivity contribution in [3.63, 3.8) is 0 Å². The fourth-order valence-electron chi connectivity index (χ4n) is 2.96. The van der Waals surface area contributed by atoms with Crippen LogP contribution in [0, 0.1) is 13.8 Å². The van der Waals surface area contributed by atoms with Crippen molar-refractivity contribution in [2.75, 3.05) is 26.4 Å². The second-order valence-electron chi connectivity index (χ2n) is 5.60. The fraction of sp³-hybridized carbons (Fsp3) is 0.500. The summed E-state index contributed by atoms with van der Waals surface area (Å²) in [6.07, 6.45) is 0. The van der Waals surface area contributed by atoms with Gasteiger partial charge in [-0.3, -0.25) is 4.90 Å². The van der Waals surface area contributed by atoms with Crippen molar-refractivity contribution in [1.29, 1.82) is 0 Å². The quantitative estimate of drug-likeness (QED) is 0.899. The van der Waals surface area contributed by atoms with Gasteiger partial charge >= 0.3 is 0 Å². The number of nitrogens with one attached hydrogen (secondary N) is 1. The van der Waals surface area contributed by atoms with Gasteiger partial charge in [0.25, 0.3) is 0 Å². The number of morpholine rings is 1. The van der Waals surface area contributed by atoms with Crippen LogP contribution in [0.1, 0.15) is 16.8 Å². The number of H-pyrrole nitrogens is 1. The third-order valence-electron chi connectivity index (χ3n) is 4.36. The lowest BCUT2D eigenvalue weighted by atomic mass is 10.1. The minimum Gasteiger partial charge on any atom is -0.395 e. The molecule has 1 atom stereocenters. The summed E-state index contributed by atoms with van der Waals surface area (Å²) in [5, 5.41) is 10.8. The van der Waals surface area contributed by atoms with E-state index in [0.29, 0.717) is 6.61 Å². The van der Waals surface area contributed by atoms with Gasteiger partial charge < -0.3 is 14.8 Å². The summed E-state index contributed by atoms with van der Waals surface area (Å²) in [7, 11) is 0. The Balaban J connectivity index is 1.92. The Hall–Kier alpha value is -1.36. The molecule has 3 rings (SSSR count). The molecule has 0 spiro atoms. The van der Waals surface area contributed by atoms with E-state index in [1.807, 2.05) is 0 Å². The van der Waals surface area contributed by atoms with Crippen molar-refractivity contribution in [2.45, 2.75) is 26.4 Å². The summed E-state index contributed by atoms with van der Waals surface area (Å²) in [6, 6.07) is 6.56. The smallest absolute Gasteiger partial charge is 0.0644 e. The van der Waals surface area contributed by atoms with Crippen LogP contribution in [0.4, 0.5) is 0 Å². The molecular weight excluding hydrogens is 252 g/mol. The molecule has 0 amide bonds. The van der Waals surface area contributed by atoms with Gasteiger partial charge in [-0.25, -0.2) is 0 Å². The molecule has 0 bridgehead atoms. The number of fused-ring (bicyclic) bond motifs is 1. The van der Waals surface area contributed by atoms with E-state index in [1.165, 1.54) is 27.7 Å². The van der Waals surface area contributed by atoms with E-state index in [-0.39, 0.29) is 12.6 Å². The van der Waals surface area contributed by atoms with Crippen LogP contribution < -0.4 is 0 Å². The second-order valence-corrected chi connectivity index (χ2v) is 5.60. The van der Waals surface area contributed by atoms with Gasteiger partial charge in [-0.05, 0) is 25.0 Å². The van der Waals surface area contributed by atoms with Crippen molar-refractivity contribution in [1.82, 2.24) is 9.88 Å². The highest BCUT2D eigenvalue weighted by Gasteiger charge is 2.23. The van der Waals surface area contributed by atoms with Crippen LogP contribution in [0.15, 0.2) is 18.2 Å². The number of rotatable bonds is 3. The average Bonchev–Trinajstić information content (AvgIpc) is 2.77. The number of para-hydroxylation sites is 1. The lowest BCUT2D eigenvalue weighted by molar-refractivity contribution is -0.0311. The van der Waals surface area contributed by atoms with E-state index in [1.54, 1.807) is 0 Å². The molecule has 2 aromatic rings. The normalized spacial score (nSPS) is 20.6. The Morgan fingerprint density at radius 1 is 1.40 bits per heavy atom. The fourth-order valence-corrected chi connectivity index (χ4v) is 2.96. The first-order valence-electron chi connectivity index (χ1n) is 7.20. The molecule has 108 valence electrons. The predicted octanol–water partition coefficient (Wildman–Crippen LogP) is 1.98. The molecule has 0 unspecified atom stereocenters. The van der Waals surface area contributed by atoms with Crippen molar-refractivity contribution in [3.8, 4) is 0 Å². The first-order chi connectivity index (χ1) is 9.70. The number of ether oxygens (including phenoxy) is 1. The van der Waals surface area contributed by atoms with Gasteiger partial charge in [-0.1, -0.05) is 18.2 Å². The number of aliphatic hydroxyl groups is 1. The molecule has 20 heavy (non-hydrogen) atoms. The van der Waals surface area contributed by atoms with E-state index in [9.17, 15) is 5.11 Å². The van der Waals surface area contributed by atoms with Crippen molar-refractivity contribution in [3.05, 3.63) is 35.0 Å². The van der Waals surface area contributed by atoms with Crippen LogP contribution in [-0.4, -0.2) is 47.4 Å². The highest BCUT2D eigenvalue weighted by molar-refractivity contribution is 5.87. The standard InChI is InChI=1S/C16H22N2O2/c1-11-12(2)17-16-13(4-3-5-15(11)16)8-18-6-7-20-10-14(18)9-19/h3-5,14,17,19H,6-10H2,1-2H3/t14-/m1/s1. The Kier molecular flexibility index (Phi) is 3.78. The molecule has 0 aliphatic carbocycles. The van der Waals surface area contributed by atoms with Gasteiger partial charge in [0.05, 0.1) is 31.4 Å². The van der Waals surface area contributed by atoms with Crippen LogP contribution in [0.2, 0.25) is 0 Å². The van der Waals surface area contributed by atoms with Gasteiger partial charge in [-0.2, -0.15) is 0 Å². The van der Waals surface area contributed by atoms with Crippen LogP contribution in [0.25, 0.3) is 10.9 Å². The van der Waals surface area contributed by atoms with Crippen LogP contribution in [0.3, 0.4) is 0 Å². The minimum absolute atomic E-state index is 0.108. The van der Waals surface area contributed by atoms with Crippen LogP contribution in [0.5, 0.6) is 0 Å². The molecule has 4 nitrogen and oxygen atoms in total. The molecule has 1 aromatic carbocycles. The Morgan fingerprint density at radius 2 is 2.25 bits per heavy atom. The first kappa shape index (κ1) is 13.6. The maximum absolute atomic E-state index is 9.47. The molecule has 1 aliphatic rings. The number of hydrogen-bond donors (Lipinski definition) is 2. The molecule has 1 aliphatic heterocycles. The summed E-state index contributed by atoms with van der Waals surface area (Å²) < 4.78 is 5.44. The molecule has 1 saturated heterocycles. The maximum Gasteiger partial charge on any atom is 0.0644 e. The van der Waals surface area contributed by atoms with Gasteiger partial charge in [-0.15, -0.1) is 0 Å². The number of aryl methyl sites for hydroxylation is 2. The Morgan fingerprint density at radius 3 is 3.05 bits per heavy atom. The van der Waals surface area contributed by atoms with E-state index >= 15 is 0 Å². The number of aromatic nitrogens is 1. The third kappa shape index (κ3) is 2.35.